The van der Waals surface area contributed by atoms with E-state index in [-0.39, 0.29) is 18.2 Å². The lowest BCUT2D eigenvalue weighted by molar-refractivity contribution is -0.231. The SMILES string of the molecule is O=C1N[C@H]2C[C@@](O)(N1)[C@@H]1OC[C@H]2O1. The van der Waals surface area contributed by atoms with Gasteiger partial charge in [-0.3, -0.25) is 0 Å². The molecule has 3 fully saturated rings. The van der Waals surface area contributed by atoms with Gasteiger partial charge in [0, 0.05) is 6.42 Å². The molecule has 0 aromatic heterocycles. The molecule has 6 heteroatoms. The number of fused-ring (bicyclic) bond motifs is 6. The second-order valence-corrected chi connectivity index (χ2v) is 3.67. The fourth-order valence-electron chi connectivity index (χ4n) is 2.10. The first kappa shape index (κ1) is 7.54. The van der Waals surface area contributed by atoms with Gasteiger partial charge in [-0.25, -0.2) is 4.79 Å². The maximum Gasteiger partial charge on any atom is 0.317 e. The van der Waals surface area contributed by atoms with Crippen molar-refractivity contribution in [3.8, 4) is 0 Å². The highest BCUT2D eigenvalue weighted by molar-refractivity contribution is 5.76. The Labute approximate surface area is 74.2 Å². The molecule has 72 valence electrons. The van der Waals surface area contributed by atoms with Crippen LogP contribution in [-0.4, -0.2) is 41.9 Å². The average Bonchev–Trinajstić information content (AvgIpc) is 2.46. The molecule has 4 atom stereocenters. The molecule has 3 aliphatic heterocycles. The second kappa shape index (κ2) is 2.14. The van der Waals surface area contributed by atoms with Crippen molar-refractivity contribution in [1.29, 1.82) is 0 Å². The average molecular weight is 186 g/mol. The normalized spacial score (nSPS) is 52.7. The zero-order valence-corrected chi connectivity index (χ0v) is 6.82. The molecule has 0 radical (unpaired) electrons. The quantitative estimate of drug-likeness (QED) is 0.430. The summed E-state index contributed by atoms with van der Waals surface area (Å²) in [5.74, 6) is 0. The van der Waals surface area contributed by atoms with Gasteiger partial charge in [-0.1, -0.05) is 0 Å². The van der Waals surface area contributed by atoms with E-state index >= 15 is 0 Å². The molecule has 13 heavy (non-hydrogen) atoms. The highest BCUT2D eigenvalue weighted by Crippen LogP contribution is 2.35. The number of rotatable bonds is 0. The van der Waals surface area contributed by atoms with Gasteiger partial charge in [0.15, 0.2) is 5.72 Å². The first-order chi connectivity index (χ1) is 6.17. The number of hydrogen-bond donors (Lipinski definition) is 3. The number of carbonyl (C=O) groups excluding carboxylic acids is 1. The summed E-state index contributed by atoms with van der Waals surface area (Å²) >= 11 is 0. The van der Waals surface area contributed by atoms with E-state index < -0.39 is 12.0 Å². The van der Waals surface area contributed by atoms with E-state index in [0.717, 1.165) is 0 Å². The van der Waals surface area contributed by atoms with E-state index in [4.69, 9.17) is 9.47 Å². The predicted molar refractivity (Wildman–Crippen MR) is 39.6 cm³/mol. The van der Waals surface area contributed by atoms with Crippen LogP contribution >= 0.6 is 0 Å². The maximum absolute atomic E-state index is 11.1. The van der Waals surface area contributed by atoms with Gasteiger partial charge in [0.1, 0.15) is 6.10 Å². The number of amides is 2. The summed E-state index contributed by atoms with van der Waals surface area (Å²) in [4.78, 5) is 11.1. The minimum Gasteiger partial charge on any atom is -0.366 e. The number of urea groups is 1. The largest absolute Gasteiger partial charge is 0.366 e. The molecule has 0 aliphatic carbocycles. The van der Waals surface area contributed by atoms with Crippen LogP contribution in [0.15, 0.2) is 0 Å². The molecule has 0 aromatic carbocycles. The van der Waals surface area contributed by atoms with Gasteiger partial charge in [0.05, 0.1) is 12.6 Å². The van der Waals surface area contributed by atoms with E-state index in [0.29, 0.717) is 13.0 Å². The molecular formula is C7H10N2O4. The monoisotopic (exact) mass is 186 g/mol. The van der Waals surface area contributed by atoms with E-state index in [1.54, 1.807) is 0 Å². The molecule has 0 spiro atoms. The molecule has 2 amide bonds. The standard InChI is InChI=1S/C7H10N2O4/c10-6-8-3-1-7(11,9-6)5-12-2-4(3)13-5/h3-5,11H,1-2H2,(H2,8,9,10)/t3-,4+,5+,7-/m0/s1. The van der Waals surface area contributed by atoms with Crippen molar-refractivity contribution in [2.75, 3.05) is 6.61 Å². The van der Waals surface area contributed by atoms with Crippen LogP contribution in [-0.2, 0) is 9.47 Å². The lowest BCUT2D eigenvalue weighted by Crippen LogP contribution is -2.71. The Morgan fingerprint density at radius 3 is 3.31 bits per heavy atom. The van der Waals surface area contributed by atoms with Crippen LogP contribution in [0, 0.1) is 0 Å². The van der Waals surface area contributed by atoms with Crippen LogP contribution in [0.2, 0.25) is 0 Å². The van der Waals surface area contributed by atoms with Crippen molar-refractivity contribution in [2.45, 2.75) is 30.6 Å². The third-order valence-corrected chi connectivity index (χ3v) is 2.73. The van der Waals surface area contributed by atoms with Crippen molar-refractivity contribution in [2.24, 2.45) is 0 Å². The Bertz CT molecular complexity index is 271. The van der Waals surface area contributed by atoms with Crippen molar-refractivity contribution >= 4 is 6.03 Å². The van der Waals surface area contributed by atoms with Gasteiger partial charge in [0.25, 0.3) is 0 Å². The molecule has 0 aromatic rings. The Morgan fingerprint density at radius 1 is 1.62 bits per heavy atom. The Morgan fingerprint density at radius 2 is 2.46 bits per heavy atom. The molecule has 3 heterocycles. The number of ether oxygens (including phenoxy) is 2. The maximum atomic E-state index is 11.1. The van der Waals surface area contributed by atoms with Crippen molar-refractivity contribution < 1.29 is 19.4 Å². The van der Waals surface area contributed by atoms with Crippen LogP contribution in [0.5, 0.6) is 0 Å². The topological polar surface area (TPSA) is 79.8 Å². The van der Waals surface area contributed by atoms with Gasteiger partial charge in [-0.15, -0.1) is 0 Å². The summed E-state index contributed by atoms with van der Waals surface area (Å²) in [5.41, 5.74) is -1.35. The number of hydrogen-bond acceptors (Lipinski definition) is 4. The molecular weight excluding hydrogens is 176 g/mol. The molecule has 4 bridgehead atoms. The number of aliphatic hydroxyl groups is 1. The molecule has 3 rings (SSSR count). The van der Waals surface area contributed by atoms with Crippen LogP contribution in [0.4, 0.5) is 4.79 Å². The Kier molecular flexibility index (Phi) is 1.24. The fraction of sp³-hybridized carbons (Fsp3) is 0.857. The summed E-state index contributed by atoms with van der Waals surface area (Å²) in [7, 11) is 0. The molecule has 0 unspecified atom stereocenters. The summed E-state index contributed by atoms with van der Waals surface area (Å²) in [5, 5.41) is 15.0. The summed E-state index contributed by atoms with van der Waals surface area (Å²) in [6.45, 7) is 0.430. The van der Waals surface area contributed by atoms with E-state index in [1.165, 1.54) is 0 Å². The van der Waals surface area contributed by atoms with Crippen molar-refractivity contribution in [3.05, 3.63) is 0 Å². The van der Waals surface area contributed by atoms with Gasteiger partial charge in [-0.2, -0.15) is 0 Å². The Balaban J connectivity index is 1.97. The highest BCUT2D eigenvalue weighted by atomic mass is 16.7. The van der Waals surface area contributed by atoms with E-state index in [9.17, 15) is 9.90 Å². The highest BCUT2D eigenvalue weighted by Gasteiger charge is 2.56. The third-order valence-electron chi connectivity index (χ3n) is 2.73. The molecule has 6 nitrogen and oxygen atoms in total. The zero-order chi connectivity index (χ0) is 9.05. The number of carbonyl (C=O) groups is 1. The summed E-state index contributed by atoms with van der Waals surface area (Å²) in [6.07, 6.45) is -0.384. The first-order valence-corrected chi connectivity index (χ1v) is 4.25. The second-order valence-electron chi connectivity index (χ2n) is 3.67. The summed E-state index contributed by atoms with van der Waals surface area (Å²) < 4.78 is 10.6. The van der Waals surface area contributed by atoms with Crippen LogP contribution in [0.25, 0.3) is 0 Å². The number of nitrogens with one attached hydrogen (secondary N) is 2. The summed E-state index contributed by atoms with van der Waals surface area (Å²) in [6, 6.07) is -0.500. The zero-order valence-electron chi connectivity index (χ0n) is 6.82. The Hall–Kier alpha value is -0.850. The molecule has 3 N–H and O–H groups in total. The van der Waals surface area contributed by atoms with Crippen molar-refractivity contribution in [3.63, 3.8) is 0 Å². The lowest BCUT2D eigenvalue weighted by atomic mass is 9.95. The van der Waals surface area contributed by atoms with Crippen LogP contribution < -0.4 is 10.6 Å². The van der Waals surface area contributed by atoms with Crippen molar-refractivity contribution in [1.82, 2.24) is 10.6 Å². The van der Waals surface area contributed by atoms with E-state index in [2.05, 4.69) is 10.6 Å². The minimum absolute atomic E-state index is 0.115. The van der Waals surface area contributed by atoms with Crippen LogP contribution in [0.3, 0.4) is 0 Å². The first-order valence-electron chi connectivity index (χ1n) is 4.25. The van der Waals surface area contributed by atoms with Gasteiger partial charge in [-0.05, 0) is 0 Å². The van der Waals surface area contributed by atoms with E-state index in [1.807, 2.05) is 0 Å². The van der Waals surface area contributed by atoms with Gasteiger partial charge < -0.3 is 25.2 Å². The minimum atomic E-state index is -1.35. The lowest BCUT2D eigenvalue weighted by Gasteiger charge is -2.44. The molecule has 3 saturated heterocycles. The van der Waals surface area contributed by atoms with Gasteiger partial charge in [0.2, 0.25) is 6.29 Å². The van der Waals surface area contributed by atoms with Crippen LogP contribution in [0.1, 0.15) is 6.42 Å². The third kappa shape index (κ3) is 0.903. The smallest absolute Gasteiger partial charge is 0.317 e. The van der Waals surface area contributed by atoms with Gasteiger partial charge >= 0.3 is 6.03 Å². The predicted octanol–water partition coefficient (Wildman–Crippen LogP) is -1.50. The fourth-order valence-corrected chi connectivity index (χ4v) is 2.10. The molecule has 3 aliphatic rings. The molecule has 0 saturated carbocycles.